The van der Waals surface area contributed by atoms with Crippen LogP contribution in [0.4, 0.5) is 17.1 Å². The van der Waals surface area contributed by atoms with Crippen molar-refractivity contribution >= 4 is 28.4 Å². The molecule has 1 unspecified atom stereocenters. The van der Waals surface area contributed by atoms with E-state index in [-0.39, 0.29) is 5.69 Å². The van der Waals surface area contributed by atoms with E-state index in [1.54, 1.807) is 13.1 Å². The molecular formula is C13H15N3O3S. The summed E-state index contributed by atoms with van der Waals surface area (Å²) in [5.74, 6) is 0. The molecule has 0 aliphatic rings. The lowest BCUT2D eigenvalue weighted by Gasteiger charge is -2.12. The van der Waals surface area contributed by atoms with Crippen LogP contribution in [0.15, 0.2) is 35.0 Å². The van der Waals surface area contributed by atoms with Gasteiger partial charge in [-0.1, -0.05) is 0 Å². The molecule has 20 heavy (non-hydrogen) atoms. The first kappa shape index (κ1) is 14.3. The van der Waals surface area contributed by atoms with Crippen molar-refractivity contribution in [1.29, 1.82) is 0 Å². The highest BCUT2D eigenvalue weighted by Gasteiger charge is 2.11. The van der Waals surface area contributed by atoms with E-state index in [4.69, 9.17) is 0 Å². The first-order chi connectivity index (χ1) is 9.60. The molecule has 0 saturated heterocycles. The van der Waals surface area contributed by atoms with Crippen LogP contribution in [0.3, 0.4) is 0 Å². The molecule has 3 N–H and O–H groups in total. The maximum atomic E-state index is 10.8. The second kappa shape index (κ2) is 6.36. The molecule has 0 amide bonds. The van der Waals surface area contributed by atoms with Crippen LogP contribution in [-0.4, -0.2) is 23.6 Å². The lowest BCUT2D eigenvalue weighted by molar-refractivity contribution is -0.384. The highest BCUT2D eigenvalue weighted by Crippen LogP contribution is 2.25. The lowest BCUT2D eigenvalue weighted by atomic mass is 10.2. The number of hydrogen-bond acceptors (Lipinski definition) is 6. The second-order valence-electron chi connectivity index (χ2n) is 4.23. The topological polar surface area (TPSA) is 87.4 Å². The Bertz CT molecular complexity index is 587. The first-order valence-corrected chi connectivity index (χ1v) is 6.95. The zero-order chi connectivity index (χ0) is 14.5. The van der Waals surface area contributed by atoms with Gasteiger partial charge >= 0.3 is 0 Å². The van der Waals surface area contributed by atoms with E-state index in [1.807, 2.05) is 16.8 Å². The number of nitro groups is 1. The molecule has 1 heterocycles. The molecule has 1 aromatic carbocycles. The summed E-state index contributed by atoms with van der Waals surface area (Å²) in [4.78, 5) is 10.4. The van der Waals surface area contributed by atoms with E-state index >= 15 is 0 Å². The van der Waals surface area contributed by atoms with Crippen LogP contribution in [0.5, 0.6) is 0 Å². The lowest BCUT2D eigenvalue weighted by Crippen LogP contribution is -2.11. The zero-order valence-corrected chi connectivity index (χ0v) is 11.7. The summed E-state index contributed by atoms with van der Waals surface area (Å²) in [5.41, 5.74) is 2.08. The molecule has 2 rings (SSSR count). The van der Waals surface area contributed by atoms with Crippen molar-refractivity contribution in [2.75, 3.05) is 24.2 Å². The molecule has 0 bridgehead atoms. The van der Waals surface area contributed by atoms with Gasteiger partial charge in [0, 0.05) is 37.1 Å². The smallest absolute Gasteiger partial charge is 0.273 e. The van der Waals surface area contributed by atoms with Crippen LogP contribution < -0.4 is 10.6 Å². The highest BCUT2D eigenvalue weighted by atomic mass is 32.1. The molecule has 6 nitrogen and oxygen atoms in total. The molecule has 1 aromatic heterocycles. The molecular weight excluding hydrogens is 278 g/mol. The van der Waals surface area contributed by atoms with Crippen LogP contribution in [0.1, 0.15) is 11.7 Å². The molecule has 0 saturated carbocycles. The molecule has 0 radical (unpaired) electrons. The molecule has 7 heteroatoms. The van der Waals surface area contributed by atoms with Gasteiger partial charge in [-0.05, 0) is 28.5 Å². The number of hydrogen-bond donors (Lipinski definition) is 3. The summed E-state index contributed by atoms with van der Waals surface area (Å²) in [6, 6.07) is 6.51. The highest BCUT2D eigenvalue weighted by molar-refractivity contribution is 7.07. The second-order valence-corrected chi connectivity index (χ2v) is 5.01. The van der Waals surface area contributed by atoms with Crippen molar-refractivity contribution in [3.8, 4) is 0 Å². The van der Waals surface area contributed by atoms with E-state index in [0.29, 0.717) is 17.9 Å². The summed E-state index contributed by atoms with van der Waals surface area (Å²) in [6.45, 7) is 0.293. The molecule has 0 spiro atoms. The predicted molar refractivity (Wildman–Crippen MR) is 80.4 cm³/mol. The number of aliphatic hydroxyl groups is 1. The number of nitrogens with one attached hydrogen (secondary N) is 2. The molecule has 1 atom stereocenters. The van der Waals surface area contributed by atoms with E-state index in [9.17, 15) is 15.2 Å². The fraction of sp³-hybridized carbons (Fsp3) is 0.231. The number of benzene rings is 1. The fourth-order valence-electron chi connectivity index (χ4n) is 1.76. The van der Waals surface area contributed by atoms with Crippen LogP contribution in [0.25, 0.3) is 0 Å². The Kier molecular flexibility index (Phi) is 4.54. The van der Waals surface area contributed by atoms with Gasteiger partial charge in [-0.15, -0.1) is 0 Å². The van der Waals surface area contributed by atoms with Crippen molar-refractivity contribution in [3.05, 3.63) is 50.7 Å². The molecule has 0 aliphatic carbocycles. The largest absolute Gasteiger partial charge is 0.388 e. The molecule has 0 fully saturated rings. The minimum atomic E-state index is -0.640. The maximum Gasteiger partial charge on any atom is 0.273 e. The van der Waals surface area contributed by atoms with Crippen LogP contribution >= 0.6 is 11.3 Å². The number of anilines is 2. The van der Waals surface area contributed by atoms with Crippen molar-refractivity contribution in [2.45, 2.75) is 6.10 Å². The number of non-ortho nitro benzene ring substituents is 1. The number of rotatable bonds is 6. The maximum absolute atomic E-state index is 10.8. The van der Waals surface area contributed by atoms with Crippen molar-refractivity contribution in [2.24, 2.45) is 0 Å². The SMILES string of the molecule is CNc1cc(NCC(O)c2ccsc2)cc([N+](=O)[O-])c1. The standard InChI is InChI=1S/C13H15N3O3S/c1-14-10-4-11(6-12(5-10)16(18)19)15-7-13(17)9-2-3-20-8-9/h2-6,8,13-15,17H,7H2,1H3. The van der Waals surface area contributed by atoms with Crippen LogP contribution in [0, 0.1) is 10.1 Å². The van der Waals surface area contributed by atoms with E-state index in [0.717, 1.165) is 5.56 Å². The Labute approximate surface area is 120 Å². The van der Waals surface area contributed by atoms with Gasteiger partial charge in [0.2, 0.25) is 0 Å². The van der Waals surface area contributed by atoms with Gasteiger partial charge < -0.3 is 15.7 Å². The minimum Gasteiger partial charge on any atom is -0.388 e. The normalized spacial score (nSPS) is 11.9. The zero-order valence-electron chi connectivity index (χ0n) is 10.9. The monoisotopic (exact) mass is 293 g/mol. The minimum absolute atomic E-state index is 0.00405. The third-order valence-electron chi connectivity index (χ3n) is 2.84. The molecule has 0 aliphatic heterocycles. The fourth-order valence-corrected chi connectivity index (χ4v) is 2.47. The van der Waals surface area contributed by atoms with Gasteiger partial charge in [0.15, 0.2) is 0 Å². The van der Waals surface area contributed by atoms with Crippen molar-refractivity contribution in [3.63, 3.8) is 0 Å². The van der Waals surface area contributed by atoms with Crippen molar-refractivity contribution < 1.29 is 10.0 Å². The van der Waals surface area contributed by atoms with Crippen LogP contribution in [0.2, 0.25) is 0 Å². The first-order valence-electron chi connectivity index (χ1n) is 6.01. The number of aliphatic hydroxyl groups excluding tert-OH is 1. The van der Waals surface area contributed by atoms with Crippen molar-refractivity contribution in [1.82, 2.24) is 0 Å². The third-order valence-corrected chi connectivity index (χ3v) is 3.55. The average molecular weight is 293 g/mol. The van der Waals surface area contributed by atoms with E-state index in [2.05, 4.69) is 10.6 Å². The van der Waals surface area contributed by atoms with Crippen LogP contribution in [-0.2, 0) is 0 Å². The summed E-state index contributed by atoms with van der Waals surface area (Å²) >= 11 is 1.51. The quantitative estimate of drug-likeness (QED) is 0.563. The third kappa shape index (κ3) is 3.46. The Morgan fingerprint density at radius 3 is 2.75 bits per heavy atom. The summed E-state index contributed by atoms with van der Waals surface area (Å²) < 4.78 is 0. The number of nitro benzene ring substituents is 1. The summed E-state index contributed by atoms with van der Waals surface area (Å²) in [6.07, 6.45) is -0.640. The van der Waals surface area contributed by atoms with Gasteiger partial charge in [-0.3, -0.25) is 10.1 Å². The predicted octanol–water partition coefficient (Wildman–Crippen LogP) is 2.84. The summed E-state index contributed by atoms with van der Waals surface area (Å²) in [7, 11) is 1.70. The Morgan fingerprint density at radius 1 is 1.40 bits per heavy atom. The summed E-state index contributed by atoms with van der Waals surface area (Å²) in [5, 5.41) is 30.5. The van der Waals surface area contributed by atoms with Gasteiger partial charge in [0.1, 0.15) is 0 Å². The van der Waals surface area contributed by atoms with E-state index in [1.165, 1.54) is 23.5 Å². The van der Waals surface area contributed by atoms with Gasteiger partial charge in [-0.2, -0.15) is 11.3 Å². The molecule has 106 valence electrons. The van der Waals surface area contributed by atoms with Gasteiger partial charge in [0.25, 0.3) is 5.69 Å². The Hall–Kier alpha value is -2.12. The Balaban J connectivity index is 2.09. The van der Waals surface area contributed by atoms with E-state index < -0.39 is 11.0 Å². The number of thiophene rings is 1. The number of nitrogens with zero attached hydrogens (tertiary/aromatic N) is 1. The average Bonchev–Trinajstić information content (AvgIpc) is 2.98. The van der Waals surface area contributed by atoms with Gasteiger partial charge in [0.05, 0.1) is 11.0 Å². The Morgan fingerprint density at radius 2 is 2.15 bits per heavy atom. The van der Waals surface area contributed by atoms with Gasteiger partial charge in [-0.25, -0.2) is 0 Å². The molecule has 2 aromatic rings.